The number of benzene rings is 1. The lowest BCUT2D eigenvalue weighted by Gasteiger charge is -2.64. The lowest BCUT2D eigenvalue weighted by atomic mass is 9.48. The highest BCUT2D eigenvalue weighted by molar-refractivity contribution is 5.63. The van der Waals surface area contributed by atoms with Crippen LogP contribution in [-0.4, -0.2) is 98.8 Å². The molecule has 1 aromatic rings. The Morgan fingerprint density at radius 3 is 2.56 bits per heavy atom. The Hall–Kier alpha value is -1.42. The second-order valence-corrected chi connectivity index (χ2v) is 11.3. The molecule has 1 aromatic carbocycles. The standard InChI is InChI=1S/C28H41NO7/c1-32-11-12-33-13-14-34-15-16-35-22-6-5-20-17-23-28(31)8-7-21(30)26-27(28,24(20)25(22)36-26)9-10-29(23)18-19-3-2-4-19/h5-6,19,21,23,26,30-31H,2-4,7-18H2,1H3/t21-,23?,26-,27-,28+/m0/s1. The van der Waals surface area contributed by atoms with E-state index in [0.717, 1.165) is 43.2 Å². The zero-order valence-corrected chi connectivity index (χ0v) is 21.5. The lowest BCUT2D eigenvalue weighted by Crippen LogP contribution is -2.77. The van der Waals surface area contributed by atoms with Gasteiger partial charge in [0.05, 0.1) is 50.2 Å². The van der Waals surface area contributed by atoms with Gasteiger partial charge in [-0.1, -0.05) is 12.5 Å². The van der Waals surface area contributed by atoms with Crippen LogP contribution in [-0.2, 0) is 26.0 Å². The highest BCUT2D eigenvalue weighted by Crippen LogP contribution is 2.65. The molecular weight excluding hydrogens is 462 g/mol. The molecule has 5 atom stereocenters. The Balaban J connectivity index is 1.19. The summed E-state index contributed by atoms with van der Waals surface area (Å²) in [6.07, 6.45) is 5.76. The summed E-state index contributed by atoms with van der Waals surface area (Å²) in [4.78, 5) is 2.56. The van der Waals surface area contributed by atoms with E-state index in [1.54, 1.807) is 7.11 Å². The van der Waals surface area contributed by atoms with Crippen molar-refractivity contribution in [2.75, 3.05) is 59.8 Å². The van der Waals surface area contributed by atoms with Gasteiger partial charge in [0, 0.05) is 25.3 Å². The first-order chi connectivity index (χ1) is 17.6. The van der Waals surface area contributed by atoms with Crippen molar-refractivity contribution in [2.45, 2.75) is 74.2 Å². The summed E-state index contributed by atoms with van der Waals surface area (Å²) in [5.41, 5.74) is 0.885. The second kappa shape index (κ2) is 10.0. The van der Waals surface area contributed by atoms with Crippen LogP contribution in [0, 0.1) is 5.92 Å². The van der Waals surface area contributed by atoms with Gasteiger partial charge in [-0.15, -0.1) is 0 Å². The molecule has 0 amide bonds. The molecule has 5 aliphatic rings. The number of aliphatic hydroxyl groups is 2. The Morgan fingerprint density at radius 1 is 1.03 bits per heavy atom. The minimum atomic E-state index is -0.887. The van der Waals surface area contributed by atoms with Crippen LogP contribution >= 0.6 is 0 Å². The van der Waals surface area contributed by atoms with E-state index in [2.05, 4.69) is 11.0 Å². The lowest BCUT2D eigenvalue weighted by molar-refractivity contribution is -0.209. The van der Waals surface area contributed by atoms with E-state index in [1.807, 2.05) is 6.07 Å². The summed E-state index contributed by atoms with van der Waals surface area (Å²) in [5.74, 6) is 2.17. The van der Waals surface area contributed by atoms with Crippen molar-refractivity contribution < 1.29 is 33.9 Å². The smallest absolute Gasteiger partial charge is 0.166 e. The monoisotopic (exact) mass is 503 g/mol. The average molecular weight is 504 g/mol. The molecule has 3 aliphatic carbocycles. The first-order valence-electron chi connectivity index (χ1n) is 13.8. The predicted octanol–water partition coefficient (Wildman–Crippen LogP) is 2.06. The molecule has 2 aliphatic heterocycles. The first-order valence-corrected chi connectivity index (χ1v) is 13.8. The van der Waals surface area contributed by atoms with Crippen molar-refractivity contribution in [3.8, 4) is 11.5 Å². The van der Waals surface area contributed by atoms with Gasteiger partial charge in [-0.25, -0.2) is 0 Å². The summed E-state index contributed by atoms with van der Waals surface area (Å²) < 4.78 is 28.7. The molecular formula is C28H41NO7. The van der Waals surface area contributed by atoms with E-state index < -0.39 is 23.2 Å². The van der Waals surface area contributed by atoms with Crippen molar-refractivity contribution >= 4 is 0 Å². The highest BCUT2D eigenvalue weighted by atomic mass is 16.6. The summed E-state index contributed by atoms with van der Waals surface area (Å²) in [5, 5.41) is 23.5. The number of rotatable bonds is 12. The molecule has 1 saturated heterocycles. The Labute approximate surface area is 213 Å². The molecule has 1 unspecified atom stereocenters. The van der Waals surface area contributed by atoms with Crippen molar-refractivity contribution in [3.05, 3.63) is 23.3 Å². The number of hydrogen-bond acceptors (Lipinski definition) is 8. The van der Waals surface area contributed by atoms with Crippen molar-refractivity contribution in [1.82, 2.24) is 4.90 Å². The normalized spacial score (nSPS) is 34.7. The van der Waals surface area contributed by atoms with Crippen LogP contribution in [0.2, 0.25) is 0 Å². The summed E-state index contributed by atoms with van der Waals surface area (Å²) in [6.45, 7) is 5.04. The van der Waals surface area contributed by atoms with Gasteiger partial charge in [-0.3, -0.25) is 4.90 Å². The number of hydrogen-bond donors (Lipinski definition) is 2. The third-order valence-electron chi connectivity index (χ3n) is 9.53. The maximum absolute atomic E-state index is 12.4. The van der Waals surface area contributed by atoms with Crippen LogP contribution in [0.5, 0.6) is 11.5 Å². The third kappa shape index (κ3) is 3.87. The summed E-state index contributed by atoms with van der Waals surface area (Å²) in [6, 6.07) is 4.24. The van der Waals surface area contributed by atoms with E-state index in [4.69, 9.17) is 23.7 Å². The van der Waals surface area contributed by atoms with E-state index in [-0.39, 0.29) is 6.04 Å². The minimum Gasteiger partial charge on any atom is -0.487 e. The topological polar surface area (TPSA) is 89.9 Å². The SMILES string of the molecule is COCCOCCOCCOc1ccc2c3c1O[C@H]1[C@@H](O)CC[C@@]4(O)C(C2)N(CC2CCC2)CC[C@]314. The van der Waals surface area contributed by atoms with Gasteiger partial charge in [0.2, 0.25) is 0 Å². The molecule has 2 saturated carbocycles. The molecule has 3 fully saturated rings. The van der Waals surface area contributed by atoms with Gasteiger partial charge < -0.3 is 33.9 Å². The number of ether oxygens (including phenoxy) is 5. The molecule has 200 valence electrons. The molecule has 2 bridgehead atoms. The van der Waals surface area contributed by atoms with Gasteiger partial charge in [0.25, 0.3) is 0 Å². The van der Waals surface area contributed by atoms with Gasteiger partial charge >= 0.3 is 0 Å². The van der Waals surface area contributed by atoms with Crippen LogP contribution in [0.3, 0.4) is 0 Å². The Bertz CT molecular complexity index is 939. The molecule has 2 N–H and O–H groups in total. The fraction of sp³-hybridized carbons (Fsp3) is 0.786. The molecule has 0 aromatic heterocycles. The quantitative estimate of drug-likeness (QED) is 0.419. The van der Waals surface area contributed by atoms with Gasteiger partial charge in [-0.05, 0) is 62.6 Å². The van der Waals surface area contributed by atoms with Crippen LogP contribution in [0.15, 0.2) is 12.1 Å². The zero-order chi connectivity index (χ0) is 24.8. The molecule has 6 rings (SSSR count). The fourth-order valence-electron chi connectivity index (χ4n) is 7.61. The third-order valence-corrected chi connectivity index (χ3v) is 9.53. The van der Waals surface area contributed by atoms with Crippen molar-refractivity contribution in [1.29, 1.82) is 0 Å². The first kappa shape index (κ1) is 24.9. The molecule has 2 heterocycles. The number of nitrogens with zero attached hydrogens (tertiary/aromatic N) is 1. The van der Waals surface area contributed by atoms with Gasteiger partial charge in [0.1, 0.15) is 12.7 Å². The number of methoxy groups -OCH3 is 1. The largest absolute Gasteiger partial charge is 0.487 e. The molecule has 8 heteroatoms. The average Bonchev–Trinajstić information content (AvgIpc) is 3.20. The summed E-state index contributed by atoms with van der Waals surface area (Å²) >= 11 is 0. The van der Waals surface area contributed by atoms with E-state index in [9.17, 15) is 10.2 Å². The van der Waals surface area contributed by atoms with E-state index in [0.29, 0.717) is 58.2 Å². The van der Waals surface area contributed by atoms with Crippen LogP contribution < -0.4 is 9.47 Å². The molecule has 0 radical (unpaired) electrons. The highest BCUT2D eigenvalue weighted by Gasteiger charge is 2.72. The maximum Gasteiger partial charge on any atom is 0.166 e. The van der Waals surface area contributed by atoms with Crippen LogP contribution in [0.25, 0.3) is 0 Å². The minimum absolute atomic E-state index is 0.0789. The molecule has 1 spiro atoms. The number of aliphatic hydroxyl groups excluding tert-OH is 1. The fourth-order valence-corrected chi connectivity index (χ4v) is 7.61. The zero-order valence-electron chi connectivity index (χ0n) is 21.5. The van der Waals surface area contributed by atoms with E-state index >= 15 is 0 Å². The maximum atomic E-state index is 12.4. The number of likely N-dealkylation sites (tertiary alicyclic amines) is 1. The Kier molecular flexibility index (Phi) is 6.94. The van der Waals surface area contributed by atoms with Crippen molar-refractivity contribution in [2.24, 2.45) is 5.92 Å². The van der Waals surface area contributed by atoms with Gasteiger partial charge in [0.15, 0.2) is 11.5 Å². The van der Waals surface area contributed by atoms with Crippen molar-refractivity contribution in [3.63, 3.8) is 0 Å². The molecule has 36 heavy (non-hydrogen) atoms. The van der Waals surface area contributed by atoms with Gasteiger partial charge in [-0.2, -0.15) is 0 Å². The Morgan fingerprint density at radius 2 is 1.81 bits per heavy atom. The van der Waals surface area contributed by atoms with E-state index in [1.165, 1.54) is 24.8 Å². The predicted molar refractivity (Wildman–Crippen MR) is 133 cm³/mol. The van der Waals surface area contributed by atoms with Crippen LogP contribution in [0.1, 0.15) is 49.7 Å². The molecule has 8 nitrogen and oxygen atoms in total. The summed E-state index contributed by atoms with van der Waals surface area (Å²) in [7, 11) is 1.65. The van der Waals surface area contributed by atoms with Crippen LogP contribution in [0.4, 0.5) is 0 Å². The number of piperidine rings is 1. The second-order valence-electron chi connectivity index (χ2n) is 11.3.